The maximum absolute atomic E-state index is 12.6. The van der Waals surface area contributed by atoms with Gasteiger partial charge in [0.25, 0.3) is 11.8 Å². The highest BCUT2D eigenvalue weighted by atomic mass is 35.5. The van der Waals surface area contributed by atoms with Gasteiger partial charge in [0.1, 0.15) is 6.61 Å². The third kappa shape index (κ3) is 5.30. The molecule has 3 aromatic carbocycles. The van der Waals surface area contributed by atoms with E-state index in [0.717, 1.165) is 5.56 Å². The van der Waals surface area contributed by atoms with Gasteiger partial charge in [-0.15, -0.1) is 0 Å². The molecule has 0 spiro atoms. The molecular weight excluding hydrogens is 404 g/mol. The number of ether oxygens (including phenoxy) is 2. The highest BCUT2D eigenvalue weighted by Crippen LogP contribution is 2.29. The van der Waals surface area contributed by atoms with Crippen molar-refractivity contribution in [2.24, 2.45) is 0 Å². The summed E-state index contributed by atoms with van der Waals surface area (Å²) in [6.07, 6.45) is 0. The Bertz CT molecular complexity index is 1030. The SMILES string of the molecule is CNC(=O)c1ccc(NC(=O)c2ccc(OCc3ccc(Cl)cc3)c(OC)c2)cc1. The van der Waals surface area contributed by atoms with Crippen molar-refractivity contribution in [3.05, 3.63) is 88.4 Å². The molecule has 30 heavy (non-hydrogen) atoms. The Morgan fingerprint density at radius 2 is 1.53 bits per heavy atom. The zero-order valence-electron chi connectivity index (χ0n) is 16.6. The molecule has 2 amide bonds. The van der Waals surface area contributed by atoms with Gasteiger partial charge in [0.05, 0.1) is 7.11 Å². The normalized spacial score (nSPS) is 10.2. The van der Waals surface area contributed by atoms with Gasteiger partial charge in [0.15, 0.2) is 11.5 Å². The van der Waals surface area contributed by atoms with Crippen LogP contribution < -0.4 is 20.1 Å². The number of methoxy groups -OCH3 is 1. The molecule has 0 saturated heterocycles. The van der Waals surface area contributed by atoms with Gasteiger partial charge in [-0.05, 0) is 60.2 Å². The number of benzene rings is 3. The van der Waals surface area contributed by atoms with Crippen molar-refractivity contribution in [3.63, 3.8) is 0 Å². The molecule has 0 radical (unpaired) electrons. The van der Waals surface area contributed by atoms with Gasteiger partial charge < -0.3 is 20.1 Å². The van der Waals surface area contributed by atoms with Crippen molar-refractivity contribution in [2.45, 2.75) is 6.61 Å². The molecule has 3 aromatic rings. The van der Waals surface area contributed by atoms with E-state index in [1.165, 1.54) is 7.11 Å². The lowest BCUT2D eigenvalue weighted by Gasteiger charge is -2.13. The number of carbonyl (C=O) groups is 2. The molecule has 0 fully saturated rings. The summed E-state index contributed by atoms with van der Waals surface area (Å²) in [5, 5.41) is 6.01. The zero-order valence-corrected chi connectivity index (χ0v) is 17.3. The number of nitrogens with one attached hydrogen (secondary N) is 2. The van der Waals surface area contributed by atoms with Gasteiger partial charge in [-0.25, -0.2) is 0 Å². The van der Waals surface area contributed by atoms with Gasteiger partial charge in [0, 0.05) is 28.9 Å². The summed E-state index contributed by atoms with van der Waals surface area (Å²) in [6, 6.07) is 19.0. The quantitative estimate of drug-likeness (QED) is 0.583. The highest BCUT2D eigenvalue weighted by molar-refractivity contribution is 6.30. The molecule has 2 N–H and O–H groups in total. The Labute approximate surface area is 179 Å². The number of hydrogen-bond acceptors (Lipinski definition) is 4. The Morgan fingerprint density at radius 1 is 0.867 bits per heavy atom. The first-order valence-electron chi connectivity index (χ1n) is 9.19. The average molecular weight is 425 g/mol. The first-order valence-corrected chi connectivity index (χ1v) is 9.56. The summed E-state index contributed by atoms with van der Waals surface area (Å²) in [5.41, 5.74) is 2.47. The number of hydrogen-bond donors (Lipinski definition) is 2. The molecule has 7 heteroatoms. The molecule has 0 aliphatic carbocycles. The summed E-state index contributed by atoms with van der Waals surface area (Å²) in [7, 11) is 3.08. The van der Waals surface area contributed by atoms with E-state index in [1.807, 2.05) is 12.1 Å². The third-order valence-corrected chi connectivity index (χ3v) is 4.62. The maximum atomic E-state index is 12.6. The number of rotatable bonds is 7. The van der Waals surface area contributed by atoms with E-state index >= 15 is 0 Å². The summed E-state index contributed by atoms with van der Waals surface area (Å²) >= 11 is 5.89. The lowest BCUT2D eigenvalue weighted by molar-refractivity contribution is 0.0962. The second kappa shape index (κ2) is 9.80. The Balaban J connectivity index is 1.67. The van der Waals surface area contributed by atoms with Crippen LogP contribution >= 0.6 is 11.6 Å². The molecule has 0 aliphatic heterocycles. The van der Waals surface area contributed by atoms with Crippen molar-refractivity contribution < 1.29 is 19.1 Å². The second-order valence-corrected chi connectivity index (χ2v) is 6.83. The minimum Gasteiger partial charge on any atom is -0.493 e. The van der Waals surface area contributed by atoms with E-state index in [2.05, 4.69) is 10.6 Å². The predicted octanol–water partition coefficient (Wildman–Crippen LogP) is 4.54. The molecule has 154 valence electrons. The lowest BCUT2D eigenvalue weighted by Crippen LogP contribution is -2.17. The van der Waals surface area contributed by atoms with E-state index in [9.17, 15) is 9.59 Å². The third-order valence-electron chi connectivity index (χ3n) is 4.37. The van der Waals surface area contributed by atoms with Crippen LogP contribution in [0.2, 0.25) is 5.02 Å². The Hall–Kier alpha value is -3.51. The molecule has 0 aromatic heterocycles. The standard InChI is InChI=1S/C23H21ClN2O4/c1-25-22(27)16-5-10-19(11-6-16)26-23(28)17-7-12-20(21(13-17)29-2)30-14-15-3-8-18(24)9-4-15/h3-13H,14H2,1-2H3,(H,25,27)(H,26,28). The summed E-state index contributed by atoms with van der Waals surface area (Å²) in [4.78, 5) is 24.2. The molecule has 0 saturated carbocycles. The van der Waals surface area contributed by atoms with Crippen LogP contribution in [0, 0.1) is 0 Å². The first-order chi connectivity index (χ1) is 14.5. The van der Waals surface area contributed by atoms with Gasteiger partial charge >= 0.3 is 0 Å². The molecule has 0 atom stereocenters. The minimum atomic E-state index is -0.301. The fourth-order valence-electron chi connectivity index (χ4n) is 2.72. The van der Waals surface area contributed by atoms with Crippen molar-refractivity contribution >= 4 is 29.1 Å². The van der Waals surface area contributed by atoms with Crippen LogP contribution in [-0.4, -0.2) is 26.0 Å². The predicted molar refractivity (Wildman–Crippen MR) is 117 cm³/mol. The van der Waals surface area contributed by atoms with Crippen LogP contribution in [0.15, 0.2) is 66.7 Å². The van der Waals surface area contributed by atoms with Crippen LogP contribution in [0.25, 0.3) is 0 Å². The molecule has 3 rings (SSSR count). The van der Waals surface area contributed by atoms with Gasteiger partial charge in [-0.3, -0.25) is 9.59 Å². The van der Waals surface area contributed by atoms with Gasteiger partial charge in [-0.2, -0.15) is 0 Å². The highest BCUT2D eigenvalue weighted by Gasteiger charge is 2.12. The zero-order chi connectivity index (χ0) is 21.5. The Kier molecular flexibility index (Phi) is 6.93. The molecule has 0 aliphatic rings. The van der Waals surface area contributed by atoms with E-state index in [1.54, 1.807) is 61.6 Å². The number of amides is 2. The summed E-state index contributed by atoms with van der Waals surface area (Å²) in [5.74, 6) is 0.488. The van der Waals surface area contributed by atoms with Crippen molar-refractivity contribution in [2.75, 3.05) is 19.5 Å². The summed E-state index contributed by atoms with van der Waals surface area (Å²) < 4.78 is 11.2. The van der Waals surface area contributed by atoms with E-state index in [-0.39, 0.29) is 11.8 Å². The lowest BCUT2D eigenvalue weighted by atomic mass is 10.1. The van der Waals surface area contributed by atoms with Crippen LogP contribution in [-0.2, 0) is 6.61 Å². The van der Waals surface area contributed by atoms with Gasteiger partial charge in [0.2, 0.25) is 0 Å². The average Bonchev–Trinajstić information content (AvgIpc) is 2.78. The number of carbonyl (C=O) groups excluding carboxylic acids is 2. The van der Waals surface area contributed by atoms with Crippen molar-refractivity contribution in [1.82, 2.24) is 5.32 Å². The number of anilines is 1. The molecule has 0 unspecified atom stereocenters. The topological polar surface area (TPSA) is 76.7 Å². The van der Waals surface area contributed by atoms with Crippen molar-refractivity contribution in [3.8, 4) is 11.5 Å². The second-order valence-electron chi connectivity index (χ2n) is 6.39. The van der Waals surface area contributed by atoms with Gasteiger partial charge in [-0.1, -0.05) is 23.7 Å². The first kappa shape index (κ1) is 21.2. The van der Waals surface area contributed by atoms with Crippen LogP contribution in [0.3, 0.4) is 0 Å². The Morgan fingerprint density at radius 3 is 2.17 bits per heavy atom. The van der Waals surface area contributed by atoms with Crippen LogP contribution in [0.4, 0.5) is 5.69 Å². The van der Waals surface area contributed by atoms with E-state index in [0.29, 0.717) is 39.9 Å². The molecule has 6 nitrogen and oxygen atoms in total. The smallest absolute Gasteiger partial charge is 0.255 e. The van der Waals surface area contributed by atoms with Crippen LogP contribution in [0.1, 0.15) is 26.3 Å². The fraction of sp³-hybridized carbons (Fsp3) is 0.130. The molecule has 0 bridgehead atoms. The van der Waals surface area contributed by atoms with Crippen molar-refractivity contribution in [1.29, 1.82) is 0 Å². The molecular formula is C23H21ClN2O4. The summed E-state index contributed by atoms with van der Waals surface area (Å²) in [6.45, 7) is 0.344. The minimum absolute atomic E-state index is 0.188. The number of halogens is 1. The van der Waals surface area contributed by atoms with Crippen LogP contribution in [0.5, 0.6) is 11.5 Å². The monoisotopic (exact) mass is 424 g/mol. The largest absolute Gasteiger partial charge is 0.493 e. The van der Waals surface area contributed by atoms with E-state index in [4.69, 9.17) is 21.1 Å². The van der Waals surface area contributed by atoms with E-state index < -0.39 is 0 Å². The fourth-order valence-corrected chi connectivity index (χ4v) is 2.85. The maximum Gasteiger partial charge on any atom is 0.255 e. The molecule has 0 heterocycles.